The Balaban J connectivity index is 2.97. The SMILES string of the molecule is Cc1cc2ccoc(=O)c2cc1O. The maximum Gasteiger partial charge on any atom is 0.343 e. The van der Waals surface area contributed by atoms with Crippen molar-refractivity contribution in [3.63, 3.8) is 0 Å². The molecule has 0 saturated carbocycles. The van der Waals surface area contributed by atoms with E-state index < -0.39 is 5.63 Å². The molecule has 0 unspecified atom stereocenters. The molecule has 1 heterocycles. The lowest BCUT2D eigenvalue weighted by Crippen LogP contribution is -1.97. The molecule has 0 atom stereocenters. The van der Waals surface area contributed by atoms with E-state index in [0.29, 0.717) is 5.39 Å². The number of phenolic OH excluding ortho intramolecular Hbond substituents is 1. The molecule has 0 aliphatic rings. The van der Waals surface area contributed by atoms with Crippen LogP contribution in [0.2, 0.25) is 0 Å². The summed E-state index contributed by atoms with van der Waals surface area (Å²) < 4.78 is 4.67. The fourth-order valence-corrected chi connectivity index (χ4v) is 1.27. The van der Waals surface area contributed by atoms with E-state index in [1.807, 2.05) is 0 Å². The fraction of sp³-hybridized carbons (Fsp3) is 0.100. The Morgan fingerprint density at radius 3 is 2.92 bits per heavy atom. The largest absolute Gasteiger partial charge is 0.508 e. The molecule has 0 amide bonds. The van der Waals surface area contributed by atoms with Crippen LogP contribution in [-0.2, 0) is 0 Å². The quantitative estimate of drug-likeness (QED) is 0.665. The van der Waals surface area contributed by atoms with Gasteiger partial charge in [0.1, 0.15) is 5.75 Å². The van der Waals surface area contributed by atoms with E-state index in [0.717, 1.165) is 10.9 Å². The predicted molar refractivity (Wildman–Crippen MR) is 48.9 cm³/mol. The van der Waals surface area contributed by atoms with Crippen LogP contribution in [0.15, 0.2) is 33.7 Å². The third-order valence-corrected chi connectivity index (χ3v) is 2.01. The zero-order chi connectivity index (χ0) is 9.42. The van der Waals surface area contributed by atoms with Crippen LogP contribution < -0.4 is 5.63 Å². The van der Waals surface area contributed by atoms with Gasteiger partial charge in [0.15, 0.2) is 0 Å². The van der Waals surface area contributed by atoms with Crippen LogP contribution in [0.4, 0.5) is 0 Å². The van der Waals surface area contributed by atoms with Crippen LogP contribution in [0.5, 0.6) is 5.75 Å². The summed E-state index contributed by atoms with van der Waals surface area (Å²) in [5.41, 5.74) is 0.325. The molecule has 1 N–H and O–H groups in total. The number of aryl methyl sites for hydroxylation is 1. The molecular weight excluding hydrogens is 168 g/mol. The van der Waals surface area contributed by atoms with E-state index in [-0.39, 0.29) is 5.75 Å². The number of fused-ring (bicyclic) bond motifs is 1. The number of aromatic hydroxyl groups is 1. The molecule has 3 heteroatoms. The number of hydrogen-bond acceptors (Lipinski definition) is 3. The van der Waals surface area contributed by atoms with Crippen molar-refractivity contribution >= 4 is 10.8 Å². The van der Waals surface area contributed by atoms with E-state index in [4.69, 9.17) is 0 Å². The zero-order valence-corrected chi connectivity index (χ0v) is 7.07. The number of rotatable bonds is 0. The van der Waals surface area contributed by atoms with Gasteiger partial charge in [-0.3, -0.25) is 0 Å². The second-order valence-corrected chi connectivity index (χ2v) is 2.93. The molecule has 2 rings (SSSR count). The zero-order valence-electron chi connectivity index (χ0n) is 7.07. The van der Waals surface area contributed by atoms with E-state index in [1.54, 1.807) is 19.1 Å². The van der Waals surface area contributed by atoms with Crippen molar-refractivity contribution in [3.05, 3.63) is 40.4 Å². The lowest BCUT2D eigenvalue weighted by Gasteiger charge is -1.99. The van der Waals surface area contributed by atoms with E-state index in [9.17, 15) is 9.90 Å². The summed E-state index contributed by atoms with van der Waals surface area (Å²) in [5.74, 6) is 0.117. The lowest BCUT2D eigenvalue weighted by molar-refractivity contribution is 0.471. The average Bonchev–Trinajstić information content (AvgIpc) is 2.09. The summed E-state index contributed by atoms with van der Waals surface area (Å²) in [6, 6.07) is 4.88. The molecule has 1 aromatic carbocycles. The van der Waals surface area contributed by atoms with Crippen LogP contribution in [0.1, 0.15) is 5.56 Å². The summed E-state index contributed by atoms with van der Waals surface area (Å²) >= 11 is 0. The number of hydrogen-bond donors (Lipinski definition) is 1. The Bertz CT molecular complexity index is 511. The summed E-state index contributed by atoms with van der Waals surface area (Å²) in [6.07, 6.45) is 1.35. The van der Waals surface area contributed by atoms with Gasteiger partial charge < -0.3 is 9.52 Å². The van der Waals surface area contributed by atoms with Gasteiger partial charge in [-0.25, -0.2) is 4.79 Å². The minimum Gasteiger partial charge on any atom is -0.508 e. The molecular formula is C10H8O3. The highest BCUT2D eigenvalue weighted by Crippen LogP contribution is 2.21. The Hall–Kier alpha value is -1.77. The first-order valence-electron chi connectivity index (χ1n) is 3.89. The third kappa shape index (κ3) is 1.18. The van der Waals surface area contributed by atoms with Crippen LogP contribution >= 0.6 is 0 Å². The number of benzene rings is 1. The first kappa shape index (κ1) is 7.86. The average molecular weight is 176 g/mol. The van der Waals surface area contributed by atoms with E-state index >= 15 is 0 Å². The molecule has 13 heavy (non-hydrogen) atoms. The van der Waals surface area contributed by atoms with Crippen molar-refractivity contribution in [2.45, 2.75) is 6.92 Å². The molecule has 66 valence electrons. The van der Waals surface area contributed by atoms with Crippen LogP contribution in [0.25, 0.3) is 10.8 Å². The highest BCUT2D eigenvalue weighted by molar-refractivity contribution is 5.83. The first-order chi connectivity index (χ1) is 6.18. The molecule has 2 aromatic rings. The molecule has 0 saturated heterocycles. The van der Waals surface area contributed by atoms with Crippen molar-refractivity contribution in [2.75, 3.05) is 0 Å². The standard InChI is InChI=1S/C10H8O3/c1-6-4-7-2-3-13-10(12)8(7)5-9(6)11/h2-5,11H,1H3. The van der Waals surface area contributed by atoms with Gasteiger partial charge in [-0.05, 0) is 36.1 Å². The lowest BCUT2D eigenvalue weighted by atomic mass is 10.1. The van der Waals surface area contributed by atoms with Crippen molar-refractivity contribution in [1.82, 2.24) is 0 Å². The molecule has 0 bridgehead atoms. The number of phenols is 1. The van der Waals surface area contributed by atoms with Gasteiger partial charge >= 0.3 is 5.63 Å². The first-order valence-corrected chi connectivity index (χ1v) is 3.89. The minimum absolute atomic E-state index is 0.117. The Labute approximate surface area is 74.2 Å². The topological polar surface area (TPSA) is 50.4 Å². The minimum atomic E-state index is -0.423. The van der Waals surface area contributed by atoms with Gasteiger partial charge in [0.25, 0.3) is 0 Å². The second-order valence-electron chi connectivity index (χ2n) is 2.93. The highest BCUT2D eigenvalue weighted by atomic mass is 16.4. The Morgan fingerprint density at radius 2 is 2.15 bits per heavy atom. The van der Waals surface area contributed by atoms with Gasteiger partial charge in [0.2, 0.25) is 0 Å². The van der Waals surface area contributed by atoms with Gasteiger partial charge in [-0.15, -0.1) is 0 Å². The maximum absolute atomic E-state index is 11.2. The van der Waals surface area contributed by atoms with Crippen LogP contribution in [-0.4, -0.2) is 5.11 Å². The molecule has 0 fully saturated rings. The van der Waals surface area contributed by atoms with Gasteiger partial charge in [-0.1, -0.05) is 0 Å². The predicted octanol–water partition coefficient (Wildman–Crippen LogP) is 1.81. The van der Waals surface area contributed by atoms with Gasteiger partial charge in [-0.2, -0.15) is 0 Å². The second kappa shape index (κ2) is 2.62. The monoisotopic (exact) mass is 176 g/mol. The summed E-state index contributed by atoms with van der Waals surface area (Å²) in [5, 5.41) is 10.6. The maximum atomic E-state index is 11.2. The molecule has 0 aliphatic carbocycles. The van der Waals surface area contributed by atoms with Crippen molar-refractivity contribution in [1.29, 1.82) is 0 Å². The van der Waals surface area contributed by atoms with Crippen molar-refractivity contribution < 1.29 is 9.52 Å². The fourth-order valence-electron chi connectivity index (χ4n) is 1.27. The smallest absolute Gasteiger partial charge is 0.343 e. The molecule has 0 aliphatic heterocycles. The summed E-state index contributed by atoms with van der Waals surface area (Å²) in [4.78, 5) is 11.2. The van der Waals surface area contributed by atoms with Crippen LogP contribution in [0, 0.1) is 6.92 Å². The molecule has 0 spiro atoms. The molecule has 1 aromatic heterocycles. The summed E-state index contributed by atoms with van der Waals surface area (Å²) in [6.45, 7) is 1.78. The Kier molecular flexibility index (Phi) is 1.59. The normalized spacial score (nSPS) is 10.5. The third-order valence-electron chi connectivity index (χ3n) is 2.01. The van der Waals surface area contributed by atoms with E-state index in [2.05, 4.69) is 4.42 Å². The van der Waals surface area contributed by atoms with Crippen molar-refractivity contribution in [2.24, 2.45) is 0 Å². The summed E-state index contributed by atoms with van der Waals surface area (Å²) in [7, 11) is 0. The van der Waals surface area contributed by atoms with Gasteiger partial charge in [0, 0.05) is 0 Å². The van der Waals surface area contributed by atoms with E-state index in [1.165, 1.54) is 12.3 Å². The van der Waals surface area contributed by atoms with Gasteiger partial charge in [0.05, 0.1) is 11.6 Å². The Morgan fingerprint density at radius 1 is 1.38 bits per heavy atom. The molecule has 3 nitrogen and oxygen atoms in total. The molecule has 0 radical (unpaired) electrons. The highest BCUT2D eigenvalue weighted by Gasteiger charge is 2.03. The van der Waals surface area contributed by atoms with Crippen molar-refractivity contribution in [3.8, 4) is 5.75 Å². The van der Waals surface area contributed by atoms with Crippen LogP contribution in [0.3, 0.4) is 0 Å².